The van der Waals surface area contributed by atoms with Crippen molar-refractivity contribution < 1.29 is 0 Å². The minimum absolute atomic E-state index is 0.864. The van der Waals surface area contributed by atoms with E-state index < -0.39 is 0 Å². The smallest absolute Gasteiger partial charge is 0.0236 e. The minimum atomic E-state index is 0.864. The molecule has 0 unspecified atom stereocenters. The maximum atomic E-state index is 5.28. The van der Waals surface area contributed by atoms with Crippen molar-refractivity contribution in [2.75, 3.05) is 26.2 Å². The zero-order valence-electron chi connectivity index (χ0n) is 6.15. The predicted molar refractivity (Wildman–Crippen MR) is 41.6 cm³/mol. The van der Waals surface area contributed by atoms with Gasteiger partial charge in [-0.25, -0.2) is 4.84 Å². The molecule has 0 aromatic rings. The highest BCUT2D eigenvalue weighted by Crippen LogP contribution is 1.83. The molecule has 0 bridgehead atoms. The standard InChI is InChI=1S/C6H15ClN2/c1-3-9(4-2)6-5-8-7/h8H,3-6H2,1-2H3. The van der Waals surface area contributed by atoms with Crippen LogP contribution < -0.4 is 4.84 Å². The van der Waals surface area contributed by atoms with Gasteiger partial charge in [-0.2, -0.15) is 0 Å². The zero-order valence-corrected chi connectivity index (χ0v) is 6.91. The van der Waals surface area contributed by atoms with Gasteiger partial charge in [0, 0.05) is 13.1 Å². The SMILES string of the molecule is CCN(CC)CCNCl. The topological polar surface area (TPSA) is 15.3 Å². The molecule has 0 aromatic carbocycles. The molecule has 0 fully saturated rings. The van der Waals surface area contributed by atoms with E-state index in [2.05, 4.69) is 23.6 Å². The Morgan fingerprint density at radius 1 is 1.33 bits per heavy atom. The van der Waals surface area contributed by atoms with Crippen molar-refractivity contribution in [3.63, 3.8) is 0 Å². The van der Waals surface area contributed by atoms with Gasteiger partial charge in [-0.3, -0.25) is 0 Å². The summed E-state index contributed by atoms with van der Waals surface area (Å²) in [5, 5.41) is 0. The lowest BCUT2D eigenvalue weighted by molar-refractivity contribution is 0.309. The van der Waals surface area contributed by atoms with Gasteiger partial charge >= 0.3 is 0 Å². The van der Waals surface area contributed by atoms with Gasteiger partial charge in [0.2, 0.25) is 0 Å². The predicted octanol–water partition coefficient (Wildman–Crippen LogP) is 1.07. The van der Waals surface area contributed by atoms with Crippen LogP contribution in [0.25, 0.3) is 0 Å². The summed E-state index contributed by atoms with van der Waals surface area (Å²) in [6.07, 6.45) is 0. The third kappa shape index (κ3) is 4.70. The molecule has 56 valence electrons. The fourth-order valence-electron chi connectivity index (χ4n) is 0.740. The van der Waals surface area contributed by atoms with Crippen LogP contribution in [0, 0.1) is 0 Å². The van der Waals surface area contributed by atoms with Crippen LogP contribution in [0.5, 0.6) is 0 Å². The normalized spacial score (nSPS) is 10.7. The van der Waals surface area contributed by atoms with E-state index in [1.807, 2.05) is 0 Å². The van der Waals surface area contributed by atoms with Crippen molar-refractivity contribution >= 4 is 11.8 Å². The summed E-state index contributed by atoms with van der Waals surface area (Å²) in [4.78, 5) is 4.91. The van der Waals surface area contributed by atoms with E-state index in [1.165, 1.54) is 0 Å². The molecule has 0 radical (unpaired) electrons. The first-order valence-corrected chi connectivity index (χ1v) is 3.78. The van der Waals surface area contributed by atoms with Crippen LogP contribution in [0.1, 0.15) is 13.8 Å². The van der Waals surface area contributed by atoms with Crippen LogP contribution in [0.3, 0.4) is 0 Å². The molecule has 0 aliphatic heterocycles. The Morgan fingerprint density at radius 2 is 1.89 bits per heavy atom. The fraction of sp³-hybridized carbons (Fsp3) is 1.00. The Labute approximate surface area is 62.3 Å². The number of nitrogens with zero attached hydrogens (tertiary/aromatic N) is 1. The lowest BCUT2D eigenvalue weighted by Crippen LogP contribution is -2.28. The second-order valence-electron chi connectivity index (χ2n) is 1.91. The number of halogens is 1. The molecule has 0 aliphatic rings. The molecule has 0 amide bonds. The van der Waals surface area contributed by atoms with E-state index >= 15 is 0 Å². The van der Waals surface area contributed by atoms with Gasteiger partial charge in [0.15, 0.2) is 0 Å². The molecule has 0 heterocycles. The van der Waals surface area contributed by atoms with Crippen molar-refractivity contribution in [1.82, 2.24) is 9.74 Å². The average Bonchev–Trinajstić information content (AvgIpc) is 1.91. The lowest BCUT2D eigenvalue weighted by Gasteiger charge is -2.16. The van der Waals surface area contributed by atoms with Gasteiger partial charge in [-0.1, -0.05) is 13.8 Å². The van der Waals surface area contributed by atoms with Gasteiger partial charge in [-0.05, 0) is 24.9 Å². The maximum absolute atomic E-state index is 5.28. The van der Waals surface area contributed by atoms with Crippen LogP contribution in [0.15, 0.2) is 0 Å². The Kier molecular flexibility index (Phi) is 6.48. The van der Waals surface area contributed by atoms with E-state index in [4.69, 9.17) is 11.8 Å². The highest BCUT2D eigenvalue weighted by molar-refractivity contribution is 6.13. The highest BCUT2D eigenvalue weighted by Gasteiger charge is 1.94. The average molecular weight is 151 g/mol. The summed E-state index contributed by atoms with van der Waals surface area (Å²) in [7, 11) is 0. The molecule has 1 N–H and O–H groups in total. The molecule has 2 nitrogen and oxygen atoms in total. The van der Waals surface area contributed by atoms with Crippen LogP contribution in [0.4, 0.5) is 0 Å². The highest BCUT2D eigenvalue weighted by atomic mass is 35.5. The number of hydrogen-bond acceptors (Lipinski definition) is 2. The van der Waals surface area contributed by atoms with Crippen LogP contribution in [-0.4, -0.2) is 31.1 Å². The third-order valence-electron chi connectivity index (χ3n) is 1.42. The molecule has 0 saturated heterocycles. The maximum Gasteiger partial charge on any atom is 0.0236 e. The van der Waals surface area contributed by atoms with Crippen LogP contribution in [0.2, 0.25) is 0 Å². The summed E-state index contributed by atoms with van der Waals surface area (Å²) in [5.41, 5.74) is 0. The third-order valence-corrected chi connectivity index (χ3v) is 1.61. The summed E-state index contributed by atoms with van der Waals surface area (Å²) >= 11 is 5.28. The van der Waals surface area contributed by atoms with Gasteiger partial charge < -0.3 is 4.90 Å². The van der Waals surface area contributed by atoms with Gasteiger partial charge in [0.1, 0.15) is 0 Å². The summed E-state index contributed by atoms with van der Waals surface area (Å²) < 4.78 is 0. The number of hydrogen-bond donors (Lipinski definition) is 1. The number of nitrogens with one attached hydrogen (secondary N) is 1. The second kappa shape index (κ2) is 6.33. The second-order valence-corrected chi connectivity index (χ2v) is 2.18. The number of rotatable bonds is 5. The molecule has 0 atom stereocenters. The fourth-order valence-corrected chi connectivity index (χ4v) is 0.825. The quantitative estimate of drug-likeness (QED) is 0.590. The van der Waals surface area contributed by atoms with Crippen molar-refractivity contribution in [3.05, 3.63) is 0 Å². The largest absolute Gasteiger partial charge is 0.303 e. The Bertz CT molecular complexity index is 55.0. The summed E-state index contributed by atoms with van der Waals surface area (Å²) in [6.45, 7) is 8.42. The lowest BCUT2D eigenvalue weighted by atomic mass is 10.5. The van der Waals surface area contributed by atoms with Crippen LogP contribution >= 0.6 is 11.8 Å². The van der Waals surface area contributed by atoms with Gasteiger partial charge in [0.05, 0.1) is 0 Å². The van der Waals surface area contributed by atoms with Crippen molar-refractivity contribution in [1.29, 1.82) is 0 Å². The van der Waals surface area contributed by atoms with E-state index in [-0.39, 0.29) is 0 Å². The molecule has 0 aromatic heterocycles. The van der Waals surface area contributed by atoms with Gasteiger partial charge in [-0.15, -0.1) is 0 Å². The zero-order chi connectivity index (χ0) is 7.11. The molecular formula is C6H15ClN2. The first-order valence-electron chi connectivity index (χ1n) is 3.41. The molecular weight excluding hydrogens is 136 g/mol. The van der Waals surface area contributed by atoms with Crippen molar-refractivity contribution in [2.45, 2.75) is 13.8 Å². The summed E-state index contributed by atoms with van der Waals surface area (Å²) in [5.74, 6) is 0. The first-order chi connectivity index (χ1) is 4.35. The monoisotopic (exact) mass is 150 g/mol. The number of likely N-dealkylation sites (N-methyl/N-ethyl adjacent to an activating group) is 1. The Balaban J connectivity index is 3.09. The van der Waals surface area contributed by atoms with E-state index in [0.717, 1.165) is 26.2 Å². The molecule has 3 heteroatoms. The molecule has 0 saturated carbocycles. The molecule has 9 heavy (non-hydrogen) atoms. The summed E-state index contributed by atoms with van der Waals surface area (Å²) in [6, 6.07) is 0. The van der Waals surface area contributed by atoms with E-state index in [0.29, 0.717) is 0 Å². The van der Waals surface area contributed by atoms with Crippen molar-refractivity contribution in [3.8, 4) is 0 Å². The van der Waals surface area contributed by atoms with E-state index in [1.54, 1.807) is 0 Å². The van der Waals surface area contributed by atoms with Gasteiger partial charge in [0.25, 0.3) is 0 Å². The Hall–Kier alpha value is 0.210. The molecule has 0 aliphatic carbocycles. The first kappa shape index (κ1) is 9.21. The van der Waals surface area contributed by atoms with Crippen molar-refractivity contribution in [2.24, 2.45) is 0 Å². The molecule has 0 spiro atoms. The molecule has 0 rings (SSSR count). The van der Waals surface area contributed by atoms with Crippen LogP contribution in [-0.2, 0) is 0 Å². The Morgan fingerprint density at radius 3 is 2.22 bits per heavy atom. The van der Waals surface area contributed by atoms with E-state index in [9.17, 15) is 0 Å². The minimum Gasteiger partial charge on any atom is -0.303 e.